The van der Waals surface area contributed by atoms with Crippen LogP contribution in [-0.2, 0) is 21.9 Å². The minimum atomic E-state index is -0.553. The molecule has 0 radical (unpaired) electrons. The summed E-state index contributed by atoms with van der Waals surface area (Å²) in [5, 5.41) is 3.00. The topological polar surface area (TPSA) is 58.6 Å². The molecule has 6 heteroatoms. The van der Waals surface area contributed by atoms with Crippen molar-refractivity contribution >= 4 is 23.6 Å². The number of ether oxygens (including phenoxy) is 1. The molecule has 0 aliphatic carbocycles. The number of nitrogens with one attached hydrogen (secondary N) is 1. The molecule has 0 aromatic heterocycles. The Balaban J connectivity index is 2.08. The van der Waals surface area contributed by atoms with Gasteiger partial charge >= 0.3 is 0 Å². The lowest BCUT2D eigenvalue weighted by atomic mass is 10.1. The van der Waals surface area contributed by atoms with Gasteiger partial charge < -0.3 is 15.0 Å². The molecule has 0 aliphatic rings. The van der Waals surface area contributed by atoms with Crippen LogP contribution in [0.3, 0.4) is 0 Å². The minimum Gasteiger partial charge on any atom is -0.497 e. The van der Waals surface area contributed by atoms with Crippen molar-refractivity contribution in [3.8, 4) is 5.75 Å². The van der Waals surface area contributed by atoms with Crippen LogP contribution in [0.2, 0.25) is 0 Å². The summed E-state index contributed by atoms with van der Waals surface area (Å²) in [5.74, 6) is 1.68. The van der Waals surface area contributed by atoms with Crippen LogP contribution in [-0.4, -0.2) is 41.7 Å². The minimum absolute atomic E-state index is 0.0414. The highest BCUT2D eigenvalue weighted by atomic mass is 32.2. The molecule has 0 bridgehead atoms. The van der Waals surface area contributed by atoms with Crippen molar-refractivity contribution in [2.24, 2.45) is 0 Å². The van der Waals surface area contributed by atoms with Gasteiger partial charge in [0.2, 0.25) is 11.8 Å². The molecule has 0 spiro atoms. The molecule has 2 rings (SSSR count). The van der Waals surface area contributed by atoms with E-state index < -0.39 is 6.04 Å². The van der Waals surface area contributed by atoms with Crippen molar-refractivity contribution in [1.82, 2.24) is 10.2 Å². The van der Waals surface area contributed by atoms with Crippen molar-refractivity contribution < 1.29 is 14.3 Å². The molecule has 2 amide bonds. The molecule has 0 saturated heterocycles. The van der Waals surface area contributed by atoms with Gasteiger partial charge in [-0.3, -0.25) is 9.59 Å². The quantitative estimate of drug-likeness (QED) is 0.554. The number of hydrogen-bond donors (Lipinski definition) is 1. The molecule has 0 saturated carbocycles. The molecule has 0 unspecified atom stereocenters. The molecule has 2 aromatic carbocycles. The summed E-state index contributed by atoms with van der Waals surface area (Å²) in [6.07, 6.45) is 0.844. The smallest absolute Gasteiger partial charge is 0.242 e. The number of nitrogens with zero attached hydrogens (tertiary/aromatic N) is 1. The van der Waals surface area contributed by atoms with E-state index in [-0.39, 0.29) is 17.9 Å². The molecule has 31 heavy (non-hydrogen) atoms. The number of hydrogen-bond acceptors (Lipinski definition) is 4. The van der Waals surface area contributed by atoms with Gasteiger partial charge in [-0.1, -0.05) is 48.9 Å². The van der Waals surface area contributed by atoms with Gasteiger partial charge in [0.15, 0.2) is 0 Å². The van der Waals surface area contributed by atoms with Crippen molar-refractivity contribution in [1.29, 1.82) is 0 Å². The number of rotatable bonds is 11. The molecule has 0 fully saturated rings. The molecule has 2 aromatic rings. The van der Waals surface area contributed by atoms with Gasteiger partial charge in [-0.25, -0.2) is 0 Å². The fraction of sp³-hybridized carbons (Fsp3) is 0.440. The highest BCUT2D eigenvalue weighted by molar-refractivity contribution is 7.99. The number of methoxy groups -OCH3 is 1. The Morgan fingerprint density at radius 1 is 1.10 bits per heavy atom. The SMILES string of the molecule is CC[C@@H](C)NC(=O)[C@@H](C)N(Cc1ccc(OC)cc1)C(=O)CSCc1cccc(C)c1. The first kappa shape index (κ1) is 24.8. The Labute approximate surface area is 190 Å². The number of thioether (sulfide) groups is 1. The highest BCUT2D eigenvalue weighted by Gasteiger charge is 2.26. The van der Waals surface area contributed by atoms with E-state index >= 15 is 0 Å². The second-order valence-electron chi connectivity index (χ2n) is 7.85. The second-order valence-corrected chi connectivity index (χ2v) is 8.83. The molecule has 0 aliphatic heterocycles. The van der Waals surface area contributed by atoms with E-state index in [1.54, 1.807) is 30.7 Å². The first-order chi connectivity index (χ1) is 14.8. The zero-order valence-corrected chi connectivity index (χ0v) is 20.0. The lowest BCUT2D eigenvalue weighted by molar-refractivity contribution is -0.138. The van der Waals surface area contributed by atoms with Crippen LogP contribution >= 0.6 is 11.8 Å². The normalized spacial score (nSPS) is 12.7. The molecular weight excluding hydrogens is 408 g/mol. The van der Waals surface area contributed by atoms with Crippen LogP contribution in [0.1, 0.15) is 43.9 Å². The van der Waals surface area contributed by atoms with Gasteiger partial charge in [-0.15, -0.1) is 11.8 Å². The van der Waals surface area contributed by atoms with Crippen LogP contribution in [0, 0.1) is 6.92 Å². The highest BCUT2D eigenvalue weighted by Crippen LogP contribution is 2.18. The van der Waals surface area contributed by atoms with Crippen LogP contribution in [0.4, 0.5) is 0 Å². The van der Waals surface area contributed by atoms with Gasteiger partial charge in [0, 0.05) is 18.3 Å². The third-order valence-corrected chi connectivity index (χ3v) is 6.25. The third kappa shape index (κ3) is 7.94. The van der Waals surface area contributed by atoms with E-state index in [2.05, 4.69) is 30.4 Å². The zero-order valence-electron chi connectivity index (χ0n) is 19.2. The van der Waals surface area contributed by atoms with Crippen molar-refractivity contribution in [3.05, 3.63) is 65.2 Å². The van der Waals surface area contributed by atoms with Gasteiger partial charge in [-0.05, 0) is 50.5 Å². The third-order valence-electron chi connectivity index (χ3n) is 5.26. The first-order valence-corrected chi connectivity index (χ1v) is 11.9. The molecule has 168 valence electrons. The number of benzene rings is 2. The maximum Gasteiger partial charge on any atom is 0.242 e. The molecule has 5 nitrogen and oxygen atoms in total. The van der Waals surface area contributed by atoms with Gasteiger partial charge in [0.25, 0.3) is 0 Å². The maximum absolute atomic E-state index is 13.1. The molecule has 1 N–H and O–H groups in total. The van der Waals surface area contributed by atoms with E-state index in [0.29, 0.717) is 12.3 Å². The van der Waals surface area contributed by atoms with E-state index in [9.17, 15) is 9.59 Å². The fourth-order valence-corrected chi connectivity index (χ4v) is 3.97. The Kier molecular flexibility index (Phi) is 9.92. The van der Waals surface area contributed by atoms with Crippen LogP contribution in [0.25, 0.3) is 0 Å². The zero-order chi connectivity index (χ0) is 22.8. The van der Waals surface area contributed by atoms with E-state index in [0.717, 1.165) is 23.5 Å². The summed E-state index contributed by atoms with van der Waals surface area (Å²) >= 11 is 1.57. The number of aryl methyl sites for hydroxylation is 1. The van der Waals surface area contributed by atoms with Crippen LogP contribution in [0.5, 0.6) is 5.75 Å². The van der Waals surface area contributed by atoms with Crippen LogP contribution in [0.15, 0.2) is 48.5 Å². The average Bonchev–Trinajstić information content (AvgIpc) is 2.77. The average molecular weight is 443 g/mol. The van der Waals surface area contributed by atoms with E-state index in [1.165, 1.54) is 11.1 Å². The Morgan fingerprint density at radius 2 is 1.81 bits per heavy atom. The van der Waals surface area contributed by atoms with E-state index in [4.69, 9.17) is 4.74 Å². The Morgan fingerprint density at radius 3 is 2.42 bits per heavy atom. The molecular formula is C25H34N2O3S. The summed E-state index contributed by atoms with van der Waals surface area (Å²) in [5.41, 5.74) is 3.36. The summed E-state index contributed by atoms with van der Waals surface area (Å²) in [7, 11) is 1.62. The lowest BCUT2D eigenvalue weighted by Gasteiger charge is -2.29. The number of carbonyl (C=O) groups is 2. The summed E-state index contributed by atoms with van der Waals surface area (Å²) < 4.78 is 5.22. The van der Waals surface area contributed by atoms with Crippen molar-refractivity contribution in [2.45, 2.75) is 58.5 Å². The number of amides is 2. The van der Waals surface area contributed by atoms with Crippen molar-refractivity contribution in [2.75, 3.05) is 12.9 Å². The van der Waals surface area contributed by atoms with E-state index in [1.807, 2.05) is 44.2 Å². The van der Waals surface area contributed by atoms with Gasteiger partial charge in [0.1, 0.15) is 11.8 Å². The number of carbonyl (C=O) groups excluding carboxylic acids is 2. The first-order valence-electron chi connectivity index (χ1n) is 10.7. The Bertz CT molecular complexity index is 854. The summed E-state index contributed by atoms with van der Waals surface area (Å²) in [6, 6.07) is 15.4. The van der Waals surface area contributed by atoms with Crippen LogP contribution < -0.4 is 10.1 Å². The van der Waals surface area contributed by atoms with Gasteiger partial charge in [0.05, 0.1) is 12.9 Å². The monoisotopic (exact) mass is 442 g/mol. The molecule has 0 heterocycles. The maximum atomic E-state index is 13.1. The second kappa shape index (κ2) is 12.4. The summed E-state index contributed by atoms with van der Waals surface area (Å²) in [4.78, 5) is 27.5. The summed E-state index contributed by atoms with van der Waals surface area (Å²) in [6.45, 7) is 8.23. The fourth-order valence-electron chi connectivity index (χ4n) is 3.12. The lowest BCUT2D eigenvalue weighted by Crippen LogP contribution is -2.50. The van der Waals surface area contributed by atoms with Crippen molar-refractivity contribution in [3.63, 3.8) is 0 Å². The largest absolute Gasteiger partial charge is 0.497 e. The Hall–Kier alpha value is -2.47. The standard InChI is InChI=1S/C25H34N2O3S/c1-6-19(3)26-25(29)20(4)27(15-21-10-12-23(30-5)13-11-21)24(28)17-31-16-22-9-7-8-18(2)14-22/h7-14,19-20H,6,15-17H2,1-5H3,(H,26,29)/t19-,20-/m1/s1. The van der Waals surface area contributed by atoms with Gasteiger partial charge in [-0.2, -0.15) is 0 Å². The predicted molar refractivity (Wildman–Crippen MR) is 128 cm³/mol. The molecule has 2 atom stereocenters. The predicted octanol–water partition coefficient (Wildman–Crippen LogP) is 4.57.